The molecule has 1 aliphatic heterocycles. The third-order valence-corrected chi connectivity index (χ3v) is 4.01. The summed E-state index contributed by atoms with van der Waals surface area (Å²) in [5.41, 5.74) is 4.14. The minimum atomic E-state index is 0.236. The molecule has 0 spiro atoms. The van der Waals surface area contributed by atoms with Gasteiger partial charge in [-0.3, -0.25) is 4.90 Å². The SMILES string of the molecule is CCc1cccc(C)c1N1CCN(C)C(CO)C1. The lowest BCUT2D eigenvalue weighted by atomic mass is 10.0. The van der Waals surface area contributed by atoms with Crippen molar-refractivity contribution in [2.75, 3.05) is 38.2 Å². The zero-order chi connectivity index (χ0) is 13.1. The van der Waals surface area contributed by atoms with Gasteiger partial charge in [-0.1, -0.05) is 25.1 Å². The Hall–Kier alpha value is -1.06. The van der Waals surface area contributed by atoms with E-state index in [9.17, 15) is 5.11 Å². The van der Waals surface area contributed by atoms with Crippen molar-refractivity contribution < 1.29 is 5.11 Å². The van der Waals surface area contributed by atoms with E-state index in [1.165, 1.54) is 16.8 Å². The highest BCUT2D eigenvalue weighted by molar-refractivity contribution is 5.59. The zero-order valence-electron chi connectivity index (χ0n) is 11.7. The molecule has 0 aromatic heterocycles. The van der Waals surface area contributed by atoms with E-state index in [2.05, 4.69) is 48.9 Å². The number of rotatable bonds is 3. The normalized spacial score (nSPS) is 21.3. The first-order chi connectivity index (χ1) is 8.67. The number of likely N-dealkylation sites (N-methyl/N-ethyl adjacent to an activating group) is 1. The van der Waals surface area contributed by atoms with E-state index in [-0.39, 0.29) is 12.6 Å². The summed E-state index contributed by atoms with van der Waals surface area (Å²) < 4.78 is 0. The highest BCUT2D eigenvalue weighted by Crippen LogP contribution is 2.27. The Morgan fingerprint density at radius 3 is 2.78 bits per heavy atom. The van der Waals surface area contributed by atoms with Gasteiger partial charge in [0.15, 0.2) is 0 Å². The molecule has 0 bridgehead atoms. The standard InChI is InChI=1S/C15H24N2O/c1-4-13-7-5-6-12(2)15(13)17-9-8-16(3)14(10-17)11-18/h5-7,14,18H,4,8-11H2,1-3H3. The van der Waals surface area contributed by atoms with Gasteiger partial charge in [0.2, 0.25) is 0 Å². The van der Waals surface area contributed by atoms with Gasteiger partial charge in [-0.15, -0.1) is 0 Å². The molecule has 1 N–H and O–H groups in total. The number of benzene rings is 1. The van der Waals surface area contributed by atoms with Crippen LogP contribution >= 0.6 is 0 Å². The maximum absolute atomic E-state index is 9.45. The number of aliphatic hydroxyl groups excluding tert-OH is 1. The van der Waals surface area contributed by atoms with Gasteiger partial charge in [0.1, 0.15) is 0 Å². The molecule has 3 nitrogen and oxygen atoms in total. The summed E-state index contributed by atoms with van der Waals surface area (Å²) in [4.78, 5) is 4.69. The average Bonchev–Trinajstić information content (AvgIpc) is 2.39. The lowest BCUT2D eigenvalue weighted by molar-refractivity contribution is 0.135. The second-order valence-electron chi connectivity index (χ2n) is 5.20. The summed E-state index contributed by atoms with van der Waals surface area (Å²) >= 11 is 0. The first-order valence-electron chi connectivity index (χ1n) is 6.82. The highest BCUT2D eigenvalue weighted by Gasteiger charge is 2.25. The monoisotopic (exact) mass is 248 g/mol. The summed E-state index contributed by atoms with van der Waals surface area (Å²) in [5.74, 6) is 0. The van der Waals surface area contributed by atoms with Gasteiger partial charge in [0, 0.05) is 25.3 Å². The maximum atomic E-state index is 9.45. The van der Waals surface area contributed by atoms with Crippen molar-refractivity contribution in [2.24, 2.45) is 0 Å². The van der Waals surface area contributed by atoms with Crippen LogP contribution in [-0.2, 0) is 6.42 Å². The van der Waals surface area contributed by atoms with Crippen molar-refractivity contribution >= 4 is 5.69 Å². The van der Waals surface area contributed by atoms with Crippen LogP contribution in [0.25, 0.3) is 0 Å². The lowest BCUT2D eigenvalue weighted by Crippen LogP contribution is -2.53. The van der Waals surface area contributed by atoms with E-state index in [4.69, 9.17) is 0 Å². The molecule has 1 aromatic carbocycles. The molecule has 0 aliphatic carbocycles. The first-order valence-corrected chi connectivity index (χ1v) is 6.82. The summed E-state index contributed by atoms with van der Waals surface area (Å²) in [7, 11) is 2.09. The lowest BCUT2D eigenvalue weighted by Gasteiger charge is -2.41. The molecule has 0 saturated carbocycles. The van der Waals surface area contributed by atoms with Gasteiger partial charge in [0.25, 0.3) is 0 Å². The number of hydrogen-bond donors (Lipinski definition) is 1. The molecule has 1 aromatic rings. The number of hydrogen-bond acceptors (Lipinski definition) is 3. The fourth-order valence-corrected chi connectivity index (χ4v) is 2.80. The van der Waals surface area contributed by atoms with Crippen molar-refractivity contribution in [1.29, 1.82) is 0 Å². The van der Waals surface area contributed by atoms with Crippen LogP contribution in [0.3, 0.4) is 0 Å². The first kappa shape index (κ1) is 13.4. The van der Waals surface area contributed by atoms with E-state index >= 15 is 0 Å². The average molecular weight is 248 g/mol. The van der Waals surface area contributed by atoms with Crippen molar-refractivity contribution in [2.45, 2.75) is 26.3 Å². The predicted molar refractivity (Wildman–Crippen MR) is 76.3 cm³/mol. The molecular weight excluding hydrogens is 224 g/mol. The molecule has 2 rings (SSSR count). The van der Waals surface area contributed by atoms with E-state index in [0.29, 0.717) is 0 Å². The zero-order valence-corrected chi connectivity index (χ0v) is 11.7. The third kappa shape index (κ3) is 2.52. The number of nitrogens with zero attached hydrogens (tertiary/aromatic N) is 2. The molecule has 0 radical (unpaired) electrons. The highest BCUT2D eigenvalue weighted by atomic mass is 16.3. The number of piperazine rings is 1. The molecule has 18 heavy (non-hydrogen) atoms. The van der Waals surface area contributed by atoms with Crippen LogP contribution in [0.15, 0.2) is 18.2 Å². The van der Waals surface area contributed by atoms with Crippen LogP contribution in [-0.4, -0.2) is 49.3 Å². The van der Waals surface area contributed by atoms with Gasteiger partial charge in [-0.25, -0.2) is 0 Å². The Labute approximate surface area is 110 Å². The molecule has 1 saturated heterocycles. The van der Waals surface area contributed by atoms with Crippen molar-refractivity contribution in [3.63, 3.8) is 0 Å². The van der Waals surface area contributed by atoms with E-state index in [1.54, 1.807) is 0 Å². The summed E-state index contributed by atoms with van der Waals surface area (Å²) in [6, 6.07) is 6.79. The van der Waals surface area contributed by atoms with Crippen LogP contribution in [0, 0.1) is 6.92 Å². The fourth-order valence-electron chi connectivity index (χ4n) is 2.80. The Morgan fingerprint density at radius 2 is 2.11 bits per heavy atom. The number of aryl methyl sites for hydroxylation is 2. The van der Waals surface area contributed by atoms with Gasteiger partial charge in [0.05, 0.1) is 12.6 Å². The summed E-state index contributed by atoms with van der Waals surface area (Å²) in [6.07, 6.45) is 1.06. The van der Waals surface area contributed by atoms with E-state index in [0.717, 1.165) is 26.1 Å². The molecule has 3 heteroatoms. The maximum Gasteiger partial charge on any atom is 0.0604 e. The Morgan fingerprint density at radius 1 is 1.33 bits per heavy atom. The molecule has 1 unspecified atom stereocenters. The quantitative estimate of drug-likeness (QED) is 0.881. The van der Waals surface area contributed by atoms with E-state index in [1.807, 2.05) is 0 Å². The predicted octanol–water partition coefficient (Wildman–Crippen LogP) is 1.67. The van der Waals surface area contributed by atoms with Crippen LogP contribution in [0.1, 0.15) is 18.1 Å². The topological polar surface area (TPSA) is 26.7 Å². The molecule has 0 amide bonds. The third-order valence-electron chi connectivity index (χ3n) is 4.01. The van der Waals surface area contributed by atoms with Gasteiger partial charge < -0.3 is 10.0 Å². The second-order valence-corrected chi connectivity index (χ2v) is 5.20. The Kier molecular flexibility index (Phi) is 4.25. The van der Waals surface area contributed by atoms with Crippen LogP contribution in [0.4, 0.5) is 5.69 Å². The van der Waals surface area contributed by atoms with Crippen molar-refractivity contribution in [3.8, 4) is 0 Å². The van der Waals surface area contributed by atoms with E-state index < -0.39 is 0 Å². The molecule has 1 heterocycles. The number of para-hydroxylation sites is 1. The van der Waals surface area contributed by atoms with Gasteiger partial charge in [-0.2, -0.15) is 0 Å². The molecule has 1 atom stereocenters. The summed E-state index contributed by atoms with van der Waals surface area (Å²) in [6.45, 7) is 7.61. The molecule has 1 aliphatic rings. The number of anilines is 1. The minimum absolute atomic E-state index is 0.236. The Bertz CT molecular complexity index is 405. The second kappa shape index (κ2) is 5.72. The summed E-state index contributed by atoms with van der Waals surface area (Å²) in [5, 5.41) is 9.45. The molecule has 100 valence electrons. The van der Waals surface area contributed by atoms with Crippen molar-refractivity contribution in [1.82, 2.24) is 4.90 Å². The smallest absolute Gasteiger partial charge is 0.0604 e. The fraction of sp³-hybridized carbons (Fsp3) is 0.600. The van der Waals surface area contributed by atoms with Crippen LogP contribution in [0.2, 0.25) is 0 Å². The minimum Gasteiger partial charge on any atom is -0.395 e. The molecular formula is C15H24N2O. The Balaban J connectivity index is 2.26. The van der Waals surface area contributed by atoms with Gasteiger partial charge in [-0.05, 0) is 31.5 Å². The van der Waals surface area contributed by atoms with Gasteiger partial charge >= 0.3 is 0 Å². The van der Waals surface area contributed by atoms with Crippen LogP contribution in [0.5, 0.6) is 0 Å². The largest absolute Gasteiger partial charge is 0.395 e. The molecule has 1 fully saturated rings. The van der Waals surface area contributed by atoms with Crippen molar-refractivity contribution in [3.05, 3.63) is 29.3 Å². The number of aliphatic hydroxyl groups is 1. The van der Waals surface area contributed by atoms with Crippen LogP contribution < -0.4 is 4.90 Å².